The summed E-state index contributed by atoms with van der Waals surface area (Å²) in [5, 5.41) is 11.5. The maximum Gasteiger partial charge on any atom is 0.216 e. The number of H-pyrrole nitrogens is 1. The van der Waals surface area contributed by atoms with E-state index >= 15 is 0 Å². The van der Waals surface area contributed by atoms with Gasteiger partial charge in [-0.1, -0.05) is 24.3 Å². The predicted octanol–water partition coefficient (Wildman–Crippen LogP) is 4.40. The Morgan fingerprint density at radius 2 is 1.78 bits per heavy atom. The summed E-state index contributed by atoms with van der Waals surface area (Å²) in [6, 6.07) is 14.6. The average Bonchev–Trinajstić information content (AvgIpc) is 3.03. The molecule has 0 fully saturated rings. The van der Waals surface area contributed by atoms with E-state index < -0.39 is 0 Å². The van der Waals surface area contributed by atoms with E-state index in [1.807, 2.05) is 12.1 Å². The second kappa shape index (κ2) is 8.73. The number of hydrogen-bond acceptors (Lipinski definition) is 4. The topological polar surface area (TPSA) is 49.2 Å². The molecular formula is C20H22FN5S. The van der Waals surface area contributed by atoms with E-state index in [1.165, 1.54) is 17.8 Å². The van der Waals surface area contributed by atoms with Crippen LogP contribution in [0.25, 0.3) is 0 Å². The minimum absolute atomic E-state index is 0.260. The highest BCUT2D eigenvalue weighted by molar-refractivity contribution is 7.71. The second-order valence-electron chi connectivity index (χ2n) is 6.07. The van der Waals surface area contributed by atoms with Gasteiger partial charge < -0.3 is 4.90 Å². The Hall–Kier alpha value is -2.80. The molecule has 0 saturated carbocycles. The summed E-state index contributed by atoms with van der Waals surface area (Å²) in [4.78, 5) is 2.29. The third-order valence-electron chi connectivity index (χ3n) is 4.34. The Bertz CT molecular complexity index is 953. The number of anilines is 1. The molecule has 1 aromatic heterocycles. The summed E-state index contributed by atoms with van der Waals surface area (Å²) in [7, 11) is 0. The van der Waals surface area contributed by atoms with Gasteiger partial charge >= 0.3 is 0 Å². The van der Waals surface area contributed by atoms with Crippen molar-refractivity contribution in [2.45, 2.75) is 20.3 Å². The van der Waals surface area contributed by atoms with Crippen LogP contribution in [0.1, 0.15) is 30.8 Å². The lowest BCUT2D eigenvalue weighted by molar-refractivity contribution is 0.627. The van der Waals surface area contributed by atoms with Crippen LogP contribution in [0, 0.1) is 10.6 Å². The quantitative estimate of drug-likeness (QED) is 0.486. The molecule has 5 nitrogen and oxygen atoms in total. The van der Waals surface area contributed by atoms with Crippen molar-refractivity contribution in [2.24, 2.45) is 5.10 Å². The zero-order valence-corrected chi connectivity index (χ0v) is 16.2. The van der Waals surface area contributed by atoms with Gasteiger partial charge in [-0.05, 0) is 61.5 Å². The van der Waals surface area contributed by atoms with Crippen LogP contribution in [0.2, 0.25) is 0 Å². The summed E-state index contributed by atoms with van der Waals surface area (Å²) >= 11 is 5.28. The van der Waals surface area contributed by atoms with Crippen LogP contribution >= 0.6 is 12.2 Å². The maximum absolute atomic E-state index is 13.1. The van der Waals surface area contributed by atoms with Crippen molar-refractivity contribution in [2.75, 3.05) is 18.0 Å². The summed E-state index contributed by atoms with van der Waals surface area (Å²) in [5.74, 6) is 0.409. The first-order chi connectivity index (χ1) is 13.1. The number of aromatic amines is 1. The molecule has 3 rings (SSSR count). The zero-order valence-electron chi connectivity index (χ0n) is 15.4. The largest absolute Gasteiger partial charge is 0.372 e. The minimum Gasteiger partial charge on any atom is -0.372 e. The standard InChI is InChI=1S/C20H22FN5S/c1-3-25(4-2)18-11-7-16(8-12-18)14-22-26-19(23-24-20(26)27)13-15-5-9-17(21)10-6-15/h5-12,14H,3-4,13H2,1-2H3,(H,24,27)/b22-14-. The first kappa shape index (κ1) is 19.0. The van der Waals surface area contributed by atoms with E-state index in [4.69, 9.17) is 12.2 Å². The van der Waals surface area contributed by atoms with E-state index in [0.717, 1.165) is 24.2 Å². The van der Waals surface area contributed by atoms with E-state index in [0.29, 0.717) is 17.0 Å². The smallest absolute Gasteiger partial charge is 0.216 e. The highest BCUT2D eigenvalue weighted by atomic mass is 32.1. The average molecular weight is 383 g/mol. The Kier molecular flexibility index (Phi) is 6.13. The van der Waals surface area contributed by atoms with Gasteiger partial charge in [-0.2, -0.15) is 14.9 Å². The normalized spacial score (nSPS) is 11.2. The van der Waals surface area contributed by atoms with Crippen molar-refractivity contribution < 1.29 is 4.39 Å². The molecule has 1 N–H and O–H groups in total. The monoisotopic (exact) mass is 383 g/mol. The van der Waals surface area contributed by atoms with Gasteiger partial charge in [0.15, 0.2) is 5.82 Å². The molecule has 140 valence electrons. The molecule has 0 unspecified atom stereocenters. The van der Waals surface area contributed by atoms with E-state index in [9.17, 15) is 4.39 Å². The highest BCUT2D eigenvalue weighted by Crippen LogP contribution is 2.14. The summed E-state index contributed by atoms with van der Waals surface area (Å²) in [6.45, 7) is 6.23. The lowest BCUT2D eigenvalue weighted by atomic mass is 10.1. The van der Waals surface area contributed by atoms with Crippen LogP contribution in [-0.4, -0.2) is 34.2 Å². The molecule has 0 aliphatic carbocycles. The van der Waals surface area contributed by atoms with Gasteiger partial charge in [0.25, 0.3) is 0 Å². The second-order valence-corrected chi connectivity index (χ2v) is 6.46. The SMILES string of the molecule is CCN(CC)c1ccc(/C=N\n2c(Cc3ccc(F)cc3)n[nH]c2=S)cc1. The fourth-order valence-electron chi connectivity index (χ4n) is 2.83. The van der Waals surface area contributed by atoms with Gasteiger partial charge in [0.05, 0.1) is 6.21 Å². The molecular weight excluding hydrogens is 361 g/mol. The van der Waals surface area contributed by atoms with Gasteiger partial charge in [0.1, 0.15) is 5.82 Å². The predicted molar refractivity (Wildman–Crippen MR) is 110 cm³/mol. The number of nitrogens with zero attached hydrogens (tertiary/aromatic N) is 4. The lowest BCUT2D eigenvalue weighted by Gasteiger charge is -2.20. The first-order valence-corrected chi connectivity index (χ1v) is 9.31. The summed E-state index contributed by atoms with van der Waals surface area (Å²) in [5.41, 5.74) is 3.10. The number of rotatable bonds is 7. The van der Waals surface area contributed by atoms with E-state index in [2.05, 4.69) is 46.2 Å². The van der Waals surface area contributed by atoms with Crippen molar-refractivity contribution in [1.82, 2.24) is 14.9 Å². The molecule has 0 aliphatic heterocycles. The molecule has 1 heterocycles. The highest BCUT2D eigenvalue weighted by Gasteiger charge is 2.07. The zero-order chi connectivity index (χ0) is 19.2. The fraction of sp³-hybridized carbons (Fsp3) is 0.250. The molecule has 0 amide bonds. The number of benzene rings is 2. The first-order valence-electron chi connectivity index (χ1n) is 8.90. The molecule has 27 heavy (non-hydrogen) atoms. The fourth-order valence-corrected chi connectivity index (χ4v) is 3.03. The van der Waals surface area contributed by atoms with E-state index in [1.54, 1.807) is 23.0 Å². The van der Waals surface area contributed by atoms with Crippen molar-refractivity contribution >= 4 is 24.1 Å². The molecule has 0 saturated heterocycles. The van der Waals surface area contributed by atoms with Crippen LogP contribution in [0.3, 0.4) is 0 Å². The molecule has 0 atom stereocenters. The van der Waals surface area contributed by atoms with Crippen LogP contribution in [-0.2, 0) is 6.42 Å². The Morgan fingerprint density at radius 1 is 1.11 bits per heavy atom. The molecule has 3 aromatic rings. The van der Waals surface area contributed by atoms with E-state index in [-0.39, 0.29) is 5.82 Å². The third kappa shape index (κ3) is 4.68. The minimum atomic E-state index is -0.260. The molecule has 0 spiro atoms. The van der Waals surface area contributed by atoms with Crippen LogP contribution in [0.4, 0.5) is 10.1 Å². The van der Waals surface area contributed by atoms with Crippen molar-refractivity contribution in [1.29, 1.82) is 0 Å². The van der Waals surface area contributed by atoms with Gasteiger partial charge in [-0.15, -0.1) is 0 Å². The number of aromatic nitrogens is 3. The number of nitrogens with one attached hydrogen (secondary N) is 1. The number of hydrogen-bond donors (Lipinski definition) is 1. The summed E-state index contributed by atoms with van der Waals surface area (Å²) in [6.07, 6.45) is 2.26. The molecule has 0 bridgehead atoms. The molecule has 2 aromatic carbocycles. The van der Waals surface area contributed by atoms with Gasteiger partial charge in [-0.25, -0.2) is 4.39 Å². The Morgan fingerprint density at radius 3 is 2.41 bits per heavy atom. The Labute approximate surface area is 163 Å². The van der Waals surface area contributed by atoms with Crippen molar-refractivity contribution in [3.05, 3.63) is 76.1 Å². The van der Waals surface area contributed by atoms with Gasteiger partial charge in [0.2, 0.25) is 4.77 Å². The van der Waals surface area contributed by atoms with Crippen molar-refractivity contribution in [3.63, 3.8) is 0 Å². The third-order valence-corrected chi connectivity index (χ3v) is 4.60. The van der Waals surface area contributed by atoms with Crippen LogP contribution < -0.4 is 4.90 Å². The van der Waals surface area contributed by atoms with Gasteiger partial charge in [0, 0.05) is 25.2 Å². The number of halogens is 1. The van der Waals surface area contributed by atoms with Crippen LogP contribution in [0.5, 0.6) is 0 Å². The maximum atomic E-state index is 13.1. The van der Waals surface area contributed by atoms with Crippen LogP contribution in [0.15, 0.2) is 53.6 Å². The molecule has 0 radical (unpaired) electrons. The summed E-state index contributed by atoms with van der Waals surface area (Å²) < 4.78 is 15.1. The molecule has 0 aliphatic rings. The molecule has 7 heteroatoms. The lowest BCUT2D eigenvalue weighted by Crippen LogP contribution is -2.21. The van der Waals surface area contributed by atoms with Gasteiger partial charge in [-0.3, -0.25) is 5.10 Å². The Balaban J connectivity index is 1.78. The van der Waals surface area contributed by atoms with Crippen molar-refractivity contribution in [3.8, 4) is 0 Å².